The Morgan fingerprint density at radius 2 is 1.62 bits per heavy atom. The zero-order valence-corrected chi connectivity index (χ0v) is 8.18. The molecule has 0 aliphatic rings. The normalized spacial score (nSPS) is 9.77. The van der Waals surface area contributed by atoms with Gasteiger partial charge in [0.25, 0.3) is 0 Å². The average Bonchev–Trinajstić information content (AvgIpc) is 2.01. The highest BCUT2D eigenvalue weighted by atomic mass is 24.3. The van der Waals surface area contributed by atoms with Gasteiger partial charge in [-0.25, -0.2) is 0 Å². The predicted octanol–water partition coefficient (Wildman–Crippen LogP) is 2.15. The molecule has 0 bridgehead atoms. The number of carboxylic acids is 1. The fourth-order valence-corrected chi connectivity index (χ4v) is 1.58. The van der Waals surface area contributed by atoms with E-state index < -0.39 is 5.97 Å². The summed E-state index contributed by atoms with van der Waals surface area (Å²) in [5.74, 6) is -0.0247. The summed E-state index contributed by atoms with van der Waals surface area (Å²) in [5, 5.41) is 8.50. The molecule has 0 aromatic heterocycles. The van der Waals surface area contributed by atoms with Crippen LogP contribution in [0, 0.1) is 5.92 Å². The van der Waals surface area contributed by atoms with Crippen LogP contribution in [0.1, 0.15) is 52.4 Å². The van der Waals surface area contributed by atoms with Gasteiger partial charge in [0.15, 0.2) is 0 Å². The molecule has 0 amide bonds. The van der Waals surface area contributed by atoms with Crippen molar-refractivity contribution in [3.05, 3.63) is 0 Å². The summed E-state index contributed by atoms with van der Waals surface area (Å²) in [5.41, 5.74) is 0. The quantitative estimate of drug-likeness (QED) is 0.637. The number of aliphatic carboxylic acids is 1. The lowest BCUT2D eigenvalue weighted by molar-refractivity contribution is -0.137. The van der Waals surface area contributed by atoms with Crippen molar-refractivity contribution in [1.29, 1.82) is 0 Å². The van der Waals surface area contributed by atoms with Crippen molar-refractivity contribution in [1.82, 2.24) is 0 Å². The lowest BCUT2D eigenvalue weighted by atomic mass is 9.93. The van der Waals surface area contributed by atoms with Crippen molar-refractivity contribution >= 4 is 29.0 Å². The van der Waals surface area contributed by atoms with E-state index >= 15 is 0 Å². The summed E-state index contributed by atoms with van der Waals surface area (Å²) in [6, 6.07) is 0. The highest BCUT2D eigenvalue weighted by Gasteiger charge is 2.08. The molecular weight excluding hydrogens is 176 g/mol. The first-order chi connectivity index (χ1) is 5.70. The predicted molar refractivity (Wildman–Crippen MR) is 58.7 cm³/mol. The van der Waals surface area contributed by atoms with Crippen LogP contribution in [0.4, 0.5) is 0 Å². The maximum atomic E-state index is 10.3. The van der Waals surface area contributed by atoms with Gasteiger partial charge in [-0.2, -0.15) is 0 Å². The number of hydrogen-bond donors (Lipinski definition) is 1. The summed E-state index contributed by atoms with van der Waals surface area (Å²) in [7, 11) is 0. The van der Waals surface area contributed by atoms with E-state index in [1.807, 2.05) is 0 Å². The topological polar surface area (TPSA) is 37.3 Å². The van der Waals surface area contributed by atoms with Crippen LogP contribution >= 0.6 is 0 Å². The molecule has 0 aliphatic heterocycles. The summed E-state index contributed by atoms with van der Waals surface area (Å²) >= 11 is 0. The van der Waals surface area contributed by atoms with Crippen LogP contribution in [-0.4, -0.2) is 34.1 Å². The second-order valence-electron chi connectivity index (χ2n) is 3.38. The van der Waals surface area contributed by atoms with Crippen LogP contribution < -0.4 is 0 Å². The Hall–Kier alpha value is 0.236. The maximum absolute atomic E-state index is 10.3. The van der Waals surface area contributed by atoms with Crippen molar-refractivity contribution < 1.29 is 9.90 Å². The maximum Gasteiger partial charge on any atom is 0.316 e. The molecule has 0 radical (unpaired) electrons. The Kier molecular flexibility index (Phi) is 12.5. The minimum atomic E-state index is -0.660. The van der Waals surface area contributed by atoms with Crippen molar-refractivity contribution in [2.45, 2.75) is 52.4 Å². The molecule has 0 aromatic rings. The van der Waals surface area contributed by atoms with E-state index in [9.17, 15) is 4.79 Å². The molecule has 0 aromatic carbocycles. The molecule has 0 fully saturated rings. The molecule has 0 rings (SSSR count). The molecular formula is C10H22MgO2. The van der Waals surface area contributed by atoms with Crippen LogP contribution in [0.15, 0.2) is 0 Å². The molecule has 0 atom stereocenters. The lowest BCUT2D eigenvalue weighted by Crippen LogP contribution is -2.04. The Bertz CT molecular complexity index is 120. The highest BCUT2D eigenvalue weighted by Crippen LogP contribution is 2.18. The molecule has 76 valence electrons. The Balaban J connectivity index is 0. The van der Waals surface area contributed by atoms with Gasteiger partial charge in [0, 0.05) is 6.42 Å². The second-order valence-corrected chi connectivity index (χ2v) is 3.38. The van der Waals surface area contributed by atoms with Gasteiger partial charge in [0.05, 0.1) is 0 Å². The van der Waals surface area contributed by atoms with E-state index in [-0.39, 0.29) is 23.1 Å². The van der Waals surface area contributed by atoms with Crippen LogP contribution in [0.2, 0.25) is 0 Å². The minimum absolute atomic E-state index is 0. The first kappa shape index (κ1) is 15.7. The van der Waals surface area contributed by atoms with Gasteiger partial charge in [-0.15, -0.1) is 0 Å². The summed E-state index contributed by atoms with van der Waals surface area (Å²) in [6.07, 6.45) is 5.90. The molecule has 13 heavy (non-hydrogen) atoms. The third-order valence-corrected chi connectivity index (χ3v) is 2.16. The third-order valence-electron chi connectivity index (χ3n) is 2.16. The zero-order chi connectivity index (χ0) is 9.40. The van der Waals surface area contributed by atoms with Crippen molar-refractivity contribution in [3.8, 4) is 0 Å². The van der Waals surface area contributed by atoms with Crippen LogP contribution in [-0.2, 0) is 4.79 Å². The van der Waals surface area contributed by atoms with Gasteiger partial charge in [-0.1, -0.05) is 39.5 Å². The third kappa shape index (κ3) is 10.2. The van der Waals surface area contributed by atoms with Gasteiger partial charge < -0.3 is 5.11 Å². The Morgan fingerprint density at radius 3 is 1.92 bits per heavy atom. The van der Waals surface area contributed by atoms with Crippen molar-refractivity contribution in [2.24, 2.45) is 5.92 Å². The van der Waals surface area contributed by atoms with E-state index in [0.29, 0.717) is 12.3 Å². The average molecular weight is 199 g/mol. The molecule has 0 unspecified atom stereocenters. The summed E-state index contributed by atoms with van der Waals surface area (Å²) in [4.78, 5) is 10.3. The number of rotatable bonds is 7. The zero-order valence-electron chi connectivity index (χ0n) is 8.18. The van der Waals surface area contributed by atoms with E-state index in [0.717, 1.165) is 6.42 Å². The van der Waals surface area contributed by atoms with E-state index in [1.165, 1.54) is 25.7 Å². The lowest BCUT2D eigenvalue weighted by Gasteiger charge is -2.12. The summed E-state index contributed by atoms with van der Waals surface area (Å²) < 4.78 is 0. The van der Waals surface area contributed by atoms with Crippen LogP contribution in [0.5, 0.6) is 0 Å². The molecule has 0 spiro atoms. The van der Waals surface area contributed by atoms with Gasteiger partial charge >= 0.3 is 29.0 Å². The Labute approximate surface area is 97.2 Å². The standard InChI is InChI=1S/C10H20O2.Mg.2H/c1-3-5-9(6-4-2)7-8-10(11)12;;;/h9H,3-8H2,1-2H3,(H,11,12);;;. The fraction of sp³-hybridized carbons (Fsp3) is 0.900. The first-order valence-corrected chi connectivity index (χ1v) is 4.92. The molecule has 3 heteroatoms. The second kappa shape index (κ2) is 10.3. The van der Waals surface area contributed by atoms with Gasteiger partial charge in [-0.05, 0) is 12.3 Å². The van der Waals surface area contributed by atoms with Gasteiger partial charge in [-0.3, -0.25) is 4.79 Å². The van der Waals surface area contributed by atoms with Crippen molar-refractivity contribution in [2.75, 3.05) is 0 Å². The largest absolute Gasteiger partial charge is 0.481 e. The fourth-order valence-electron chi connectivity index (χ4n) is 1.58. The molecule has 0 aliphatic carbocycles. The van der Waals surface area contributed by atoms with Crippen molar-refractivity contribution in [3.63, 3.8) is 0 Å². The van der Waals surface area contributed by atoms with Gasteiger partial charge in [0.2, 0.25) is 0 Å². The minimum Gasteiger partial charge on any atom is -0.481 e. The first-order valence-electron chi connectivity index (χ1n) is 4.92. The van der Waals surface area contributed by atoms with Gasteiger partial charge in [0.1, 0.15) is 0 Å². The monoisotopic (exact) mass is 198 g/mol. The number of carboxylic acid groups (broad SMARTS) is 1. The Morgan fingerprint density at radius 1 is 1.15 bits per heavy atom. The SMILES string of the molecule is CCCC(CCC)CCC(=O)O.[MgH2]. The number of hydrogen-bond acceptors (Lipinski definition) is 1. The molecule has 0 saturated heterocycles. The van der Waals surface area contributed by atoms with E-state index in [2.05, 4.69) is 13.8 Å². The molecule has 1 N–H and O–H groups in total. The molecule has 0 heterocycles. The van der Waals surface area contributed by atoms with Crippen LogP contribution in [0.3, 0.4) is 0 Å². The van der Waals surface area contributed by atoms with E-state index in [4.69, 9.17) is 5.11 Å². The summed E-state index contributed by atoms with van der Waals surface area (Å²) in [6.45, 7) is 4.31. The molecule has 0 saturated carbocycles. The smallest absolute Gasteiger partial charge is 0.316 e. The number of carbonyl (C=O) groups is 1. The highest BCUT2D eigenvalue weighted by molar-refractivity contribution is 5.75. The molecule has 2 nitrogen and oxygen atoms in total. The van der Waals surface area contributed by atoms with Crippen LogP contribution in [0.25, 0.3) is 0 Å². The van der Waals surface area contributed by atoms with E-state index in [1.54, 1.807) is 0 Å².